The molecule has 7 heteroatoms. The average Bonchev–Trinajstić information content (AvgIpc) is 2.39. The van der Waals surface area contributed by atoms with Crippen molar-refractivity contribution in [2.75, 3.05) is 5.73 Å². The maximum atomic E-state index is 12.7. The van der Waals surface area contributed by atoms with Crippen molar-refractivity contribution in [2.24, 2.45) is 7.05 Å². The third kappa shape index (κ3) is 3.00. The van der Waals surface area contributed by atoms with Gasteiger partial charge in [0.1, 0.15) is 5.69 Å². The number of nitrogen functional groups attached to an aromatic ring is 1. The van der Waals surface area contributed by atoms with Gasteiger partial charge in [0.15, 0.2) is 0 Å². The molecule has 0 radical (unpaired) electrons. The van der Waals surface area contributed by atoms with Crippen LogP contribution in [0.15, 0.2) is 23.0 Å². The van der Waals surface area contributed by atoms with Gasteiger partial charge in [-0.15, -0.1) is 0 Å². The molecule has 0 aliphatic carbocycles. The molecule has 0 saturated heterocycles. The van der Waals surface area contributed by atoms with E-state index in [9.17, 15) is 9.59 Å². The van der Waals surface area contributed by atoms with Crippen molar-refractivity contribution in [3.8, 4) is 0 Å². The van der Waals surface area contributed by atoms with Gasteiger partial charge in [0.25, 0.3) is 5.56 Å². The van der Waals surface area contributed by atoms with Crippen LogP contribution in [0.2, 0.25) is 10.0 Å². The number of carbonyl (C=O) groups excluding carboxylic acids is 1. The van der Waals surface area contributed by atoms with E-state index in [1.165, 1.54) is 25.2 Å². The number of rotatable bonds is 3. The van der Waals surface area contributed by atoms with Crippen molar-refractivity contribution in [2.45, 2.75) is 19.8 Å². The predicted octanol–water partition coefficient (Wildman–Crippen LogP) is 3.02. The molecule has 1 aromatic heterocycles. The lowest BCUT2D eigenvalue weighted by atomic mass is 10.0. The highest BCUT2D eigenvalue weighted by atomic mass is 35.5. The molecule has 0 atom stereocenters. The first-order valence-corrected chi connectivity index (χ1v) is 7.35. The highest BCUT2D eigenvalue weighted by Crippen LogP contribution is 2.29. The lowest BCUT2D eigenvalue weighted by Crippen LogP contribution is -2.27. The van der Waals surface area contributed by atoms with Crippen LogP contribution in [0.5, 0.6) is 0 Å². The zero-order valence-electron chi connectivity index (χ0n) is 12.4. The molecule has 0 spiro atoms. The Morgan fingerprint density at radius 3 is 2.27 bits per heavy atom. The highest BCUT2D eigenvalue weighted by Gasteiger charge is 2.21. The Labute approximate surface area is 137 Å². The summed E-state index contributed by atoms with van der Waals surface area (Å²) in [5, 5.41) is 4.30. The Balaban J connectivity index is 2.63. The second-order valence-electron chi connectivity index (χ2n) is 5.26. The number of ketones is 1. The number of carbonyl (C=O) groups is 1. The SMILES string of the molecule is CC(C)c1cc(C(=O)c2c(Cl)cc(N)cc2Cl)nn(C)c1=O. The first-order chi connectivity index (χ1) is 10.2. The summed E-state index contributed by atoms with van der Waals surface area (Å²) < 4.78 is 1.14. The number of benzene rings is 1. The van der Waals surface area contributed by atoms with Crippen LogP contribution >= 0.6 is 23.2 Å². The largest absolute Gasteiger partial charge is 0.399 e. The standard InChI is InChI=1S/C15H15Cl2N3O2/c1-7(2)9-6-12(19-20(3)15(9)22)14(21)13-10(16)4-8(18)5-11(13)17/h4-7H,18H2,1-3H3. The molecular formula is C15H15Cl2N3O2. The van der Waals surface area contributed by atoms with Crippen LogP contribution in [0.3, 0.4) is 0 Å². The Morgan fingerprint density at radius 2 is 1.77 bits per heavy atom. The second-order valence-corrected chi connectivity index (χ2v) is 6.07. The van der Waals surface area contributed by atoms with Gasteiger partial charge in [0.2, 0.25) is 5.78 Å². The lowest BCUT2D eigenvalue weighted by Gasteiger charge is -2.11. The summed E-state index contributed by atoms with van der Waals surface area (Å²) in [6.45, 7) is 3.74. The summed E-state index contributed by atoms with van der Waals surface area (Å²) in [6.07, 6.45) is 0. The molecule has 0 aliphatic heterocycles. The van der Waals surface area contributed by atoms with Gasteiger partial charge in [-0.3, -0.25) is 9.59 Å². The van der Waals surface area contributed by atoms with Crippen LogP contribution in [0.25, 0.3) is 0 Å². The summed E-state index contributed by atoms with van der Waals surface area (Å²) in [4.78, 5) is 24.7. The van der Waals surface area contributed by atoms with Gasteiger partial charge in [0, 0.05) is 18.3 Å². The lowest BCUT2D eigenvalue weighted by molar-refractivity contribution is 0.103. The number of halogens is 2. The molecule has 0 fully saturated rings. The molecule has 116 valence electrons. The Morgan fingerprint density at radius 1 is 1.23 bits per heavy atom. The van der Waals surface area contributed by atoms with Crippen LogP contribution in [0.1, 0.15) is 41.4 Å². The molecule has 1 heterocycles. The van der Waals surface area contributed by atoms with Gasteiger partial charge < -0.3 is 5.73 Å². The fourth-order valence-electron chi connectivity index (χ4n) is 2.09. The van der Waals surface area contributed by atoms with E-state index in [1.54, 1.807) is 0 Å². The van der Waals surface area contributed by atoms with Gasteiger partial charge in [-0.2, -0.15) is 5.10 Å². The van der Waals surface area contributed by atoms with Crippen LogP contribution in [-0.4, -0.2) is 15.6 Å². The average molecular weight is 340 g/mol. The summed E-state index contributed by atoms with van der Waals surface area (Å²) in [5.41, 5.74) is 6.50. The van der Waals surface area contributed by atoms with Crippen molar-refractivity contribution < 1.29 is 4.79 Å². The highest BCUT2D eigenvalue weighted by molar-refractivity contribution is 6.41. The molecule has 22 heavy (non-hydrogen) atoms. The molecule has 0 aliphatic rings. The zero-order chi connectivity index (χ0) is 16.6. The fraction of sp³-hybridized carbons (Fsp3) is 0.267. The molecule has 2 N–H and O–H groups in total. The number of aromatic nitrogens is 2. The number of hydrogen-bond donors (Lipinski definition) is 1. The predicted molar refractivity (Wildman–Crippen MR) is 87.9 cm³/mol. The van der Waals surface area contributed by atoms with E-state index in [-0.39, 0.29) is 32.8 Å². The fourth-order valence-corrected chi connectivity index (χ4v) is 2.77. The number of anilines is 1. The maximum absolute atomic E-state index is 12.7. The maximum Gasteiger partial charge on any atom is 0.269 e. The van der Waals surface area contributed by atoms with Crippen molar-refractivity contribution in [3.63, 3.8) is 0 Å². The monoisotopic (exact) mass is 339 g/mol. The number of aryl methyl sites for hydroxylation is 1. The van der Waals surface area contributed by atoms with Crippen molar-refractivity contribution in [3.05, 3.63) is 55.4 Å². The van der Waals surface area contributed by atoms with Crippen LogP contribution < -0.4 is 11.3 Å². The van der Waals surface area contributed by atoms with Crippen LogP contribution in [0.4, 0.5) is 5.69 Å². The van der Waals surface area contributed by atoms with Gasteiger partial charge in [-0.05, 0) is 24.1 Å². The summed E-state index contributed by atoms with van der Waals surface area (Å²) in [5.74, 6) is -0.488. The quantitative estimate of drug-likeness (QED) is 0.688. The van der Waals surface area contributed by atoms with E-state index in [4.69, 9.17) is 28.9 Å². The molecule has 2 aromatic rings. The van der Waals surface area contributed by atoms with E-state index in [0.717, 1.165) is 4.68 Å². The molecule has 2 rings (SSSR count). The Kier molecular flexibility index (Phi) is 4.58. The van der Waals surface area contributed by atoms with E-state index in [0.29, 0.717) is 11.3 Å². The minimum atomic E-state index is -0.451. The molecule has 0 amide bonds. The van der Waals surface area contributed by atoms with Crippen LogP contribution in [0, 0.1) is 0 Å². The van der Waals surface area contributed by atoms with Gasteiger partial charge in [-0.1, -0.05) is 37.0 Å². The van der Waals surface area contributed by atoms with Crippen molar-refractivity contribution in [1.82, 2.24) is 9.78 Å². The van der Waals surface area contributed by atoms with Gasteiger partial charge in [0.05, 0.1) is 15.6 Å². The Hall–Kier alpha value is -1.85. The third-order valence-corrected chi connectivity index (χ3v) is 3.83. The van der Waals surface area contributed by atoms with E-state index in [1.807, 2.05) is 13.8 Å². The summed E-state index contributed by atoms with van der Waals surface area (Å²) >= 11 is 12.1. The number of nitrogens with two attached hydrogens (primary N) is 1. The topological polar surface area (TPSA) is 78.0 Å². The molecule has 0 bridgehead atoms. The number of nitrogens with zero attached hydrogens (tertiary/aromatic N) is 2. The number of hydrogen-bond acceptors (Lipinski definition) is 4. The van der Waals surface area contributed by atoms with Crippen molar-refractivity contribution in [1.29, 1.82) is 0 Å². The van der Waals surface area contributed by atoms with Crippen molar-refractivity contribution >= 4 is 34.7 Å². The molecule has 0 unspecified atom stereocenters. The van der Waals surface area contributed by atoms with Gasteiger partial charge in [-0.25, -0.2) is 4.68 Å². The Bertz CT molecular complexity index is 790. The normalized spacial score (nSPS) is 11.0. The minimum Gasteiger partial charge on any atom is -0.399 e. The molecule has 5 nitrogen and oxygen atoms in total. The molecule has 0 saturated carbocycles. The molecule has 1 aromatic carbocycles. The third-order valence-electron chi connectivity index (χ3n) is 3.24. The summed E-state index contributed by atoms with van der Waals surface area (Å²) in [7, 11) is 1.50. The molecular weight excluding hydrogens is 325 g/mol. The second kappa shape index (κ2) is 6.10. The van der Waals surface area contributed by atoms with Gasteiger partial charge >= 0.3 is 0 Å². The zero-order valence-corrected chi connectivity index (χ0v) is 13.9. The van der Waals surface area contributed by atoms with E-state index >= 15 is 0 Å². The minimum absolute atomic E-state index is 0.0365. The first kappa shape index (κ1) is 16.5. The summed E-state index contributed by atoms with van der Waals surface area (Å²) in [6, 6.07) is 4.39. The van der Waals surface area contributed by atoms with E-state index < -0.39 is 5.78 Å². The first-order valence-electron chi connectivity index (χ1n) is 6.59. The van der Waals surface area contributed by atoms with Crippen LogP contribution in [-0.2, 0) is 7.05 Å². The van der Waals surface area contributed by atoms with E-state index in [2.05, 4.69) is 5.10 Å². The smallest absolute Gasteiger partial charge is 0.269 e.